The number of thioether (sulfide) groups is 1. The van der Waals surface area contributed by atoms with Gasteiger partial charge in [-0.3, -0.25) is 5.21 Å². The third-order valence-electron chi connectivity index (χ3n) is 6.64. The third-order valence-corrected chi connectivity index (χ3v) is 7.87. The van der Waals surface area contributed by atoms with E-state index in [1.54, 1.807) is 40.2 Å². The van der Waals surface area contributed by atoms with Gasteiger partial charge in [-0.25, -0.2) is 9.86 Å². The molecule has 1 aliphatic heterocycles. The molecule has 0 aromatic heterocycles. The minimum Gasteiger partial charge on any atom is -0.497 e. The number of nitrogens with one attached hydrogen (secondary N) is 1. The summed E-state index contributed by atoms with van der Waals surface area (Å²) in [7, 11) is 7.69. The van der Waals surface area contributed by atoms with Gasteiger partial charge in [0.25, 0.3) is 0 Å². The Hall–Kier alpha value is -3.35. The molecule has 0 saturated carbocycles. The minimum atomic E-state index is -0.575. The van der Waals surface area contributed by atoms with Crippen LogP contribution in [0.15, 0.2) is 77.4 Å². The van der Waals surface area contributed by atoms with E-state index in [1.807, 2.05) is 49.4 Å². The van der Waals surface area contributed by atoms with E-state index >= 15 is 0 Å². The number of nitrogens with zero attached hydrogens (tertiary/aromatic N) is 1. The summed E-state index contributed by atoms with van der Waals surface area (Å²) in [5.74, 6) is 3.32. The van der Waals surface area contributed by atoms with E-state index in [2.05, 4.69) is 18.5 Å². The van der Waals surface area contributed by atoms with Crippen LogP contribution in [-0.2, 0) is 14.2 Å². The molecule has 1 aliphatic rings. The molecule has 2 atom stereocenters. The van der Waals surface area contributed by atoms with Crippen molar-refractivity contribution in [2.24, 2.45) is 0 Å². The summed E-state index contributed by atoms with van der Waals surface area (Å²) in [5.41, 5.74) is 2.86. The van der Waals surface area contributed by atoms with E-state index in [0.717, 1.165) is 45.2 Å². The van der Waals surface area contributed by atoms with E-state index in [9.17, 15) is 4.79 Å². The Morgan fingerprint density at radius 3 is 2.31 bits per heavy atom. The first kappa shape index (κ1) is 37.8. The Morgan fingerprint density at radius 1 is 1.11 bits per heavy atom. The number of hydroxylamine groups is 2. The van der Waals surface area contributed by atoms with Crippen molar-refractivity contribution in [3.8, 4) is 17.2 Å². The van der Waals surface area contributed by atoms with Crippen molar-refractivity contribution in [1.29, 1.82) is 0 Å². The molecule has 248 valence electrons. The van der Waals surface area contributed by atoms with Gasteiger partial charge in [-0.15, -0.1) is 11.8 Å². The van der Waals surface area contributed by atoms with Crippen LogP contribution in [0.5, 0.6) is 17.2 Å². The van der Waals surface area contributed by atoms with Gasteiger partial charge in [0.2, 0.25) is 5.75 Å². The van der Waals surface area contributed by atoms with Crippen LogP contribution in [0.1, 0.15) is 31.4 Å². The molecule has 0 radical (unpaired) electrons. The van der Waals surface area contributed by atoms with Crippen LogP contribution >= 0.6 is 23.4 Å². The summed E-state index contributed by atoms with van der Waals surface area (Å²) >= 11 is 7.49. The number of rotatable bonds is 15. The van der Waals surface area contributed by atoms with Crippen LogP contribution in [0.4, 0.5) is 4.79 Å². The van der Waals surface area contributed by atoms with Crippen LogP contribution in [0.3, 0.4) is 0 Å². The van der Waals surface area contributed by atoms with Crippen molar-refractivity contribution in [2.45, 2.75) is 36.9 Å². The molecule has 2 aromatic rings. The van der Waals surface area contributed by atoms with E-state index in [4.69, 9.17) is 45.2 Å². The zero-order chi connectivity index (χ0) is 33.4. The molecule has 45 heavy (non-hydrogen) atoms. The monoisotopic (exact) mass is 664 g/mol. The van der Waals surface area contributed by atoms with E-state index < -0.39 is 6.03 Å². The smallest absolute Gasteiger partial charge is 0.341 e. The number of halogens is 1. The van der Waals surface area contributed by atoms with Gasteiger partial charge in [-0.05, 0) is 78.9 Å². The number of hydrogen-bond donors (Lipinski definition) is 2. The average molecular weight is 665 g/mol. The fourth-order valence-electron chi connectivity index (χ4n) is 4.24. The maximum atomic E-state index is 11.1. The first-order valence-electron chi connectivity index (χ1n) is 14.2. The normalized spacial score (nSPS) is 15.8. The summed E-state index contributed by atoms with van der Waals surface area (Å²) in [4.78, 5) is 12.2. The highest BCUT2D eigenvalue weighted by atomic mass is 35.5. The highest BCUT2D eigenvalue weighted by molar-refractivity contribution is 7.99. The molecule has 10 nitrogen and oxygen atoms in total. The van der Waals surface area contributed by atoms with Crippen molar-refractivity contribution in [2.75, 3.05) is 61.0 Å². The van der Waals surface area contributed by atoms with Crippen molar-refractivity contribution in [1.82, 2.24) is 10.4 Å². The molecule has 1 heterocycles. The lowest BCUT2D eigenvalue weighted by Gasteiger charge is -2.18. The average Bonchev–Trinajstić information content (AvgIpc) is 3.54. The Morgan fingerprint density at radius 2 is 1.76 bits per heavy atom. The molecule has 1 saturated heterocycles. The van der Waals surface area contributed by atoms with E-state index in [0.29, 0.717) is 41.3 Å². The summed E-state index contributed by atoms with van der Waals surface area (Å²) < 4.78 is 33.0. The number of amides is 2. The number of allylic oxidation sites excluding steroid dienone is 1. The highest BCUT2D eigenvalue weighted by Gasteiger charge is 2.29. The van der Waals surface area contributed by atoms with Gasteiger partial charge in [0.1, 0.15) is 5.76 Å². The van der Waals surface area contributed by atoms with Crippen LogP contribution in [0.25, 0.3) is 0 Å². The second-order valence-corrected chi connectivity index (χ2v) is 11.6. The van der Waals surface area contributed by atoms with Crippen molar-refractivity contribution in [3.63, 3.8) is 0 Å². The second kappa shape index (κ2) is 19.9. The number of ether oxygens (including phenoxy) is 6. The summed E-state index contributed by atoms with van der Waals surface area (Å²) in [6, 6.07) is 11.0. The molecule has 0 spiro atoms. The zero-order valence-corrected chi connectivity index (χ0v) is 28.5. The Kier molecular flexibility index (Phi) is 16.7. The summed E-state index contributed by atoms with van der Waals surface area (Å²) in [6.07, 6.45) is 3.83. The van der Waals surface area contributed by atoms with Gasteiger partial charge in [0.15, 0.2) is 11.5 Å². The Balaban J connectivity index is 0.000000317. The predicted molar refractivity (Wildman–Crippen MR) is 178 cm³/mol. The maximum absolute atomic E-state index is 11.1. The van der Waals surface area contributed by atoms with Crippen LogP contribution < -0.4 is 19.5 Å². The molecular formula is C33H45ClN2O8S. The highest BCUT2D eigenvalue weighted by Crippen LogP contribution is 2.43. The molecule has 0 aliphatic carbocycles. The van der Waals surface area contributed by atoms with Gasteiger partial charge in [0.05, 0.1) is 53.9 Å². The fraction of sp³-hybridized carbons (Fsp3) is 0.424. The molecule has 2 aromatic carbocycles. The van der Waals surface area contributed by atoms with Gasteiger partial charge < -0.3 is 33.7 Å². The Bertz CT molecular complexity index is 1260. The lowest BCUT2D eigenvalue weighted by Crippen LogP contribution is -2.36. The summed E-state index contributed by atoms with van der Waals surface area (Å²) in [6.45, 7) is 10.9. The largest absolute Gasteiger partial charge is 0.497 e. The number of carbonyl (C=O) groups excluding carboxylic acids is 1. The second-order valence-electron chi connectivity index (χ2n) is 10.00. The maximum Gasteiger partial charge on any atom is 0.341 e. The number of carbonyl (C=O) groups is 1. The first-order valence-corrected chi connectivity index (χ1v) is 15.6. The number of benzene rings is 2. The molecule has 2 amide bonds. The van der Waals surface area contributed by atoms with Crippen molar-refractivity contribution in [3.05, 3.63) is 83.1 Å². The lowest BCUT2D eigenvalue weighted by atomic mass is 10.0. The lowest BCUT2D eigenvalue weighted by molar-refractivity contribution is -0.0180. The number of hydrogen-bond acceptors (Lipinski definition) is 9. The predicted octanol–water partition coefficient (Wildman–Crippen LogP) is 7.07. The number of methoxy groups -OCH3 is 4. The van der Waals surface area contributed by atoms with Crippen molar-refractivity contribution >= 4 is 29.4 Å². The number of urea groups is 1. The quantitative estimate of drug-likeness (QED) is 0.0393. The minimum absolute atomic E-state index is 0.0112. The zero-order valence-electron chi connectivity index (χ0n) is 26.9. The van der Waals surface area contributed by atoms with Gasteiger partial charge in [-0.2, -0.15) is 0 Å². The van der Waals surface area contributed by atoms with Crippen LogP contribution in [-0.4, -0.2) is 83.4 Å². The van der Waals surface area contributed by atoms with Crippen LogP contribution in [0, 0.1) is 0 Å². The molecule has 12 heteroatoms. The first-order chi connectivity index (χ1) is 21.5. The van der Waals surface area contributed by atoms with E-state index in [-0.39, 0.29) is 18.8 Å². The van der Waals surface area contributed by atoms with Gasteiger partial charge >= 0.3 is 6.03 Å². The van der Waals surface area contributed by atoms with E-state index in [1.165, 1.54) is 7.05 Å². The third kappa shape index (κ3) is 12.9. The van der Waals surface area contributed by atoms with Gasteiger partial charge in [-0.1, -0.05) is 24.8 Å². The van der Waals surface area contributed by atoms with Crippen molar-refractivity contribution < 1.29 is 38.4 Å². The molecule has 3 rings (SSSR count). The fourth-order valence-corrected chi connectivity index (χ4v) is 5.13. The summed E-state index contributed by atoms with van der Waals surface area (Å²) in [5, 5.41) is 12.6. The molecule has 2 N–H and O–H groups in total. The molecule has 1 fully saturated rings. The Labute approximate surface area is 275 Å². The molecule has 2 unspecified atom stereocenters. The standard InChI is InChI=1S/C19H26O5.C14H19ClN2O3S/c1-12(9-13(2)20-3)15-7-8-16(24-15)14-10-17(21-4)19(23-6)18(11-14)22-5;1-11(9-16-14(18)17(2)19)10-20-7-8-21-13-5-3-12(15)4-6-13/h9-11,15-16H,2,7-8H2,1,3-6H3;3-6,19H,1,7-10H2,2H3,(H,16,18)/b12-9+;. The molecule has 0 bridgehead atoms. The topological polar surface area (TPSA) is 108 Å². The van der Waals surface area contributed by atoms with Gasteiger partial charge in [0, 0.05) is 29.3 Å². The molecular weight excluding hydrogens is 620 g/mol. The SMILES string of the molecule is C=C(/C=C(\C)C1CCC(c2cc(OC)c(OC)c(OC)c2)O1)OC.C=C(CNC(=O)N(C)O)COCCSc1ccc(Cl)cc1. The van der Waals surface area contributed by atoms with Crippen LogP contribution in [0.2, 0.25) is 5.02 Å².